The van der Waals surface area contributed by atoms with Crippen LogP contribution in [0.2, 0.25) is 0 Å². The fraction of sp³-hybridized carbons (Fsp3) is 0.476. The molecule has 1 N–H and O–H groups in total. The first-order valence-corrected chi connectivity index (χ1v) is 9.92. The lowest BCUT2D eigenvalue weighted by atomic mass is 9.98. The van der Waals surface area contributed by atoms with Gasteiger partial charge in [0.25, 0.3) is 0 Å². The van der Waals surface area contributed by atoms with E-state index in [-0.39, 0.29) is 35.9 Å². The van der Waals surface area contributed by atoms with Crippen LogP contribution in [0.25, 0.3) is 11.3 Å². The Morgan fingerprint density at radius 3 is 2.86 bits per heavy atom. The minimum atomic E-state index is -0.118. The average Bonchev–Trinajstić information content (AvgIpc) is 3.21. The second kappa shape index (κ2) is 11.8. The Labute approximate surface area is 188 Å². The van der Waals surface area contributed by atoms with Crippen LogP contribution in [0.15, 0.2) is 45.9 Å². The molecular weight excluding hydrogens is 483 g/mol. The van der Waals surface area contributed by atoms with Gasteiger partial charge in [-0.15, -0.1) is 24.0 Å². The van der Waals surface area contributed by atoms with E-state index in [4.69, 9.17) is 14.3 Å². The van der Waals surface area contributed by atoms with Crippen LogP contribution in [0.3, 0.4) is 0 Å². The van der Waals surface area contributed by atoms with Crippen LogP contribution in [-0.4, -0.2) is 48.2 Å². The summed E-state index contributed by atoms with van der Waals surface area (Å²) in [6.45, 7) is 6.96. The molecule has 158 valence electrons. The van der Waals surface area contributed by atoms with Gasteiger partial charge in [0.1, 0.15) is 5.69 Å². The van der Waals surface area contributed by atoms with Crippen molar-refractivity contribution in [3.63, 3.8) is 0 Å². The van der Waals surface area contributed by atoms with E-state index in [0.717, 1.165) is 48.9 Å². The maximum absolute atomic E-state index is 12.1. The van der Waals surface area contributed by atoms with Crippen molar-refractivity contribution >= 4 is 35.9 Å². The Morgan fingerprint density at radius 1 is 1.34 bits per heavy atom. The van der Waals surface area contributed by atoms with Crippen molar-refractivity contribution in [2.24, 2.45) is 10.9 Å². The first-order valence-electron chi connectivity index (χ1n) is 9.92. The van der Waals surface area contributed by atoms with Crippen molar-refractivity contribution < 1.29 is 14.1 Å². The zero-order valence-corrected chi connectivity index (χ0v) is 19.3. The number of nitrogens with zero attached hydrogens (tertiary/aromatic N) is 3. The number of guanidine groups is 1. The van der Waals surface area contributed by atoms with E-state index in [9.17, 15) is 4.79 Å². The molecule has 0 saturated carbocycles. The summed E-state index contributed by atoms with van der Waals surface area (Å²) in [5.41, 5.74) is 1.76. The lowest BCUT2D eigenvalue weighted by Crippen LogP contribution is -2.48. The number of likely N-dealkylation sites (tertiary alicyclic amines) is 1. The molecule has 8 heteroatoms. The zero-order valence-electron chi connectivity index (χ0n) is 17.0. The molecule has 0 amide bonds. The van der Waals surface area contributed by atoms with E-state index in [2.05, 4.69) is 15.4 Å². The quantitative estimate of drug-likeness (QED) is 0.275. The number of aliphatic imine (C=N–C) groups is 1. The molecule has 1 fully saturated rings. The summed E-state index contributed by atoms with van der Waals surface area (Å²) in [6, 6.07) is 11.8. The molecule has 7 nitrogen and oxygen atoms in total. The van der Waals surface area contributed by atoms with Crippen LogP contribution >= 0.6 is 24.0 Å². The largest absolute Gasteiger partial charge is 0.466 e. The molecule has 0 aliphatic carbocycles. The summed E-state index contributed by atoms with van der Waals surface area (Å²) in [5, 5.41) is 7.45. The molecule has 29 heavy (non-hydrogen) atoms. The topological polar surface area (TPSA) is 80.0 Å². The van der Waals surface area contributed by atoms with E-state index in [1.165, 1.54) is 0 Å². The highest BCUT2D eigenvalue weighted by molar-refractivity contribution is 14.0. The summed E-state index contributed by atoms with van der Waals surface area (Å²) < 4.78 is 10.6. The predicted molar refractivity (Wildman–Crippen MR) is 123 cm³/mol. The number of esters is 1. The summed E-state index contributed by atoms with van der Waals surface area (Å²) in [6.07, 6.45) is 1.80. The van der Waals surface area contributed by atoms with Crippen LogP contribution < -0.4 is 5.32 Å². The molecule has 1 saturated heterocycles. The molecule has 0 bridgehead atoms. The van der Waals surface area contributed by atoms with Gasteiger partial charge < -0.3 is 19.5 Å². The van der Waals surface area contributed by atoms with Crippen molar-refractivity contribution in [1.82, 2.24) is 15.4 Å². The third-order valence-corrected chi connectivity index (χ3v) is 4.68. The smallest absolute Gasteiger partial charge is 0.310 e. The number of aromatic nitrogens is 1. The molecule has 1 unspecified atom stereocenters. The van der Waals surface area contributed by atoms with Crippen LogP contribution in [0.4, 0.5) is 0 Å². The Bertz CT molecular complexity index is 794. The molecule has 2 aromatic rings. The number of hydrogen-bond acceptors (Lipinski definition) is 5. The minimum Gasteiger partial charge on any atom is -0.466 e. The van der Waals surface area contributed by atoms with Crippen molar-refractivity contribution in [3.8, 4) is 11.3 Å². The van der Waals surface area contributed by atoms with E-state index < -0.39 is 0 Å². The number of hydrogen-bond donors (Lipinski definition) is 1. The summed E-state index contributed by atoms with van der Waals surface area (Å²) in [4.78, 5) is 19.0. The fourth-order valence-corrected chi connectivity index (χ4v) is 3.33. The first-order chi connectivity index (χ1) is 13.7. The van der Waals surface area contributed by atoms with Crippen LogP contribution in [0.1, 0.15) is 32.4 Å². The molecule has 1 aromatic carbocycles. The van der Waals surface area contributed by atoms with Gasteiger partial charge in [0, 0.05) is 31.3 Å². The molecule has 0 radical (unpaired) electrons. The molecule has 2 heterocycles. The summed E-state index contributed by atoms with van der Waals surface area (Å²) in [7, 11) is 0. The number of piperidine rings is 1. The third kappa shape index (κ3) is 6.45. The van der Waals surface area contributed by atoms with Crippen molar-refractivity contribution in [2.75, 3.05) is 26.2 Å². The zero-order chi connectivity index (χ0) is 19.8. The Hall–Kier alpha value is -2.10. The van der Waals surface area contributed by atoms with E-state index in [1.54, 1.807) is 0 Å². The van der Waals surface area contributed by atoms with Gasteiger partial charge >= 0.3 is 5.97 Å². The first kappa shape index (κ1) is 23.2. The van der Waals surface area contributed by atoms with Crippen LogP contribution in [0, 0.1) is 5.92 Å². The van der Waals surface area contributed by atoms with Gasteiger partial charge in [-0.2, -0.15) is 0 Å². The predicted octanol–water partition coefficient (Wildman–Crippen LogP) is 3.70. The van der Waals surface area contributed by atoms with Gasteiger partial charge in [0.2, 0.25) is 0 Å². The normalized spacial score (nSPS) is 16.8. The van der Waals surface area contributed by atoms with Crippen molar-refractivity contribution in [1.29, 1.82) is 0 Å². The number of carbonyl (C=O) groups is 1. The van der Waals surface area contributed by atoms with Crippen molar-refractivity contribution in [2.45, 2.75) is 33.2 Å². The highest BCUT2D eigenvalue weighted by Gasteiger charge is 2.28. The monoisotopic (exact) mass is 512 g/mol. The van der Waals surface area contributed by atoms with Gasteiger partial charge in [-0.3, -0.25) is 4.79 Å². The van der Waals surface area contributed by atoms with Crippen molar-refractivity contribution in [3.05, 3.63) is 42.1 Å². The number of benzene rings is 1. The Balaban J connectivity index is 0.00000300. The highest BCUT2D eigenvalue weighted by atomic mass is 127. The fourth-order valence-electron chi connectivity index (χ4n) is 3.33. The molecular formula is C21H29IN4O3. The number of ether oxygens (including phenoxy) is 1. The van der Waals surface area contributed by atoms with Gasteiger partial charge in [0.05, 0.1) is 19.1 Å². The minimum absolute atomic E-state index is 0. The Kier molecular flexibility index (Phi) is 9.43. The maximum atomic E-state index is 12.1. The van der Waals surface area contributed by atoms with E-state index >= 15 is 0 Å². The Morgan fingerprint density at radius 2 is 2.14 bits per heavy atom. The SMILES string of the molecule is CCNC(=NCc1cc(-c2ccccc2)on1)N1CCCC(C(=O)OCC)C1.I. The van der Waals surface area contributed by atoms with Gasteiger partial charge in [-0.1, -0.05) is 35.5 Å². The lowest BCUT2D eigenvalue weighted by Gasteiger charge is -2.33. The van der Waals surface area contributed by atoms with E-state index in [0.29, 0.717) is 19.7 Å². The molecule has 1 aliphatic rings. The third-order valence-electron chi connectivity index (χ3n) is 4.68. The second-order valence-electron chi connectivity index (χ2n) is 6.76. The van der Waals surface area contributed by atoms with Gasteiger partial charge in [-0.05, 0) is 26.7 Å². The second-order valence-corrected chi connectivity index (χ2v) is 6.76. The van der Waals surface area contributed by atoms with Gasteiger partial charge in [0.15, 0.2) is 11.7 Å². The standard InChI is InChI=1S/C21H28N4O3.HI/c1-3-22-21(25-12-8-11-17(15-25)20(26)27-4-2)23-14-18-13-19(28-24-18)16-9-6-5-7-10-16;/h5-7,9-10,13,17H,3-4,8,11-12,14-15H2,1-2H3,(H,22,23);1H. The molecule has 0 spiro atoms. The number of halogens is 1. The average molecular weight is 512 g/mol. The molecule has 1 atom stereocenters. The number of rotatable bonds is 6. The molecule has 1 aliphatic heterocycles. The summed E-state index contributed by atoms with van der Waals surface area (Å²) in [5.74, 6) is 1.30. The van der Waals surface area contributed by atoms with E-state index in [1.807, 2.05) is 50.2 Å². The molecule has 3 rings (SSSR count). The van der Waals surface area contributed by atoms with Crippen LogP contribution in [0.5, 0.6) is 0 Å². The summed E-state index contributed by atoms with van der Waals surface area (Å²) >= 11 is 0. The highest BCUT2D eigenvalue weighted by Crippen LogP contribution is 2.21. The van der Waals surface area contributed by atoms with Crippen LogP contribution in [-0.2, 0) is 16.1 Å². The number of nitrogens with one attached hydrogen (secondary N) is 1. The maximum Gasteiger partial charge on any atom is 0.310 e. The lowest BCUT2D eigenvalue weighted by molar-refractivity contribution is -0.149. The van der Waals surface area contributed by atoms with Gasteiger partial charge in [-0.25, -0.2) is 4.99 Å². The molecule has 1 aromatic heterocycles. The number of carbonyl (C=O) groups excluding carboxylic acids is 1.